The van der Waals surface area contributed by atoms with Crippen LogP contribution in [0.3, 0.4) is 0 Å². The zero-order valence-electron chi connectivity index (χ0n) is 10.4. The van der Waals surface area contributed by atoms with Crippen LogP contribution in [0.25, 0.3) is 0 Å². The van der Waals surface area contributed by atoms with E-state index in [0.29, 0.717) is 15.3 Å². The highest BCUT2D eigenvalue weighted by molar-refractivity contribution is 14.1. The van der Waals surface area contributed by atoms with Gasteiger partial charge in [-0.25, -0.2) is 4.98 Å². The van der Waals surface area contributed by atoms with Gasteiger partial charge < -0.3 is 15.4 Å². The molecule has 1 aliphatic carbocycles. The van der Waals surface area contributed by atoms with Gasteiger partial charge in [0.15, 0.2) is 0 Å². The van der Waals surface area contributed by atoms with Crippen molar-refractivity contribution in [2.45, 2.75) is 38.1 Å². The molecule has 6 heteroatoms. The standard InChI is InChI=1S/C12H18IN3O2/c1-8-2-4-12(6-17,5-3-8)16-10-9(13)11(18)15-7-14-10/h7-8,17H,2-6H2,1H3,(H2,14,15,16,18). The first-order chi connectivity index (χ1) is 8.56. The monoisotopic (exact) mass is 363 g/mol. The number of rotatable bonds is 3. The van der Waals surface area contributed by atoms with Crippen molar-refractivity contribution < 1.29 is 5.11 Å². The summed E-state index contributed by atoms with van der Waals surface area (Å²) in [5, 5.41) is 13.0. The molecule has 0 unspecified atom stereocenters. The first-order valence-electron chi connectivity index (χ1n) is 6.18. The van der Waals surface area contributed by atoms with Gasteiger partial charge in [0, 0.05) is 0 Å². The van der Waals surface area contributed by atoms with Gasteiger partial charge in [-0.15, -0.1) is 0 Å². The van der Waals surface area contributed by atoms with Gasteiger partial charge in [0.05, 0.1) is 18.5 Å². The van der Waals surface area contributed by atoms with E-state index in [1.54, 1.807) is 0 Å². The van der Waals surface area contributed by atoms with Crippen LogP contribution in [0.15, 0.2) is 11.1 Å². The number of hydrogen-bond donors (Lipinski definition) is 3. The fraction of sp³-hybridized carbons (Fsp3) is 0.667. The summed E-state index contributed by atoms with van der Waals surface area (Å²) in [5.41, 5.74) is -0.474. The van der Waals surface area contributed by atoms with Gasteiger partial charge in [-0.3, -0.25) is 4.79 Å². The summed E-state index contributed by atoms with van der Waals surface area (Å²) in [6.45, 7) is 2.31. The van der Waals surface area contributed by atoms with E-state index in [1.807, 2.05) is 22.6 Å². The van der Waals surface area contributed by atoms with Crippen LogP contribution in [0.4, 0.5) is 5.82 Å². The number of hydrogen-bond acceptors (Lipinski definition) is 4. The first kappa shape index (κ1) is 13.8. The quantitative estimate of drug-likeness (QED) is 0.715. The lowest BCUT2D eigenvalue weighted by molar-refractivity contribution is 0.155. The van der Waals surface area contributed by atoms with Crippen LogP contribution >= 0.6 is 22.6 Å². The summed E-state index contributed by atoms with van der Waals surface area (Å²) in [6.07, 6.45) is 5.40. The van der Waals surface area contributed by atoms with Gasteiger partial charge in [0.1, 0.15) is 9.39 Å². The van der Waals surface area contributed by atoms with Crippen molar-refractivity contribution in [3.05, 3.63) is 20.3 Å². The van der Waals surface area contributed by atoms with Crippen LogP contribution in [-0.4, -0.2) is 27.2 Å². The maximum atomic E-state index is 11.5. The van der Waals surface area contributed by atoms with Crippen molar-refractivity contribution in [1.82, 2.24) is 9.97 Å². The second-order valence-electron chi connectivity index (χ2n) is 5.14. The molecule has 1 aromatic rings. The van der Waals surface area contributed by atoms with Crippen LogP contribution in [0.1, 0.15) is 32.6 Å². The Bertz CT molecular complexity index is 467. The summed E-state index contributed by atoms with van der Waals surface area (Å²) in [6, 6.07) is 0. The number of anilines is 1. The Balaban J connectivity index is 2.20. The van der Waals surface area contributed by atoms with Gasteiger partial charge in [0.25, 0.3) is 5.56 Å². The van der Waals surface area contributed by atoms with Crippen molar-refractivity contribution in [3.8, 4) is 0 Å². The molecule has 100 valence electrons. The normalized spacial score (nSPS) is 28.1. The van der Waals surface area contributed by atoms with Crippen molar-refractivity contribution in [3.63, 3.8) is 0 Å². The molecule has 0 atom stereocenters. The molecule has 0 aliphatic heterocycles. The number of aliphatic hydroxyl groups is 1. The number of nitrogens with zero attached hydrogens (tertiary/aromatic N) is 1. The molecular formula is C12H18IN3O2. The van der Waals surface area contributed by atoms with E-state index in [1.165, 1.54) is 6.33 Å². The van der Waals surface area contributed by atoms with Crippen molar-refractivity contribution in [2.24, 2.45) is 5.92 Å². The summed E-state index contributed by atoms with van der Waals surface area (Å²) < 4.78 is 0.543. The van der Waals surface area contributed by atoms with E-state index in [-0.39, 0.29) is 17.7 Å². The summed E-state index contributed by atoms with van der Waals surface area (Å²) in [5.74, 6) is 1.28. The maximum absolute atomic E-state index is 11.5. The molecule has 1 heterocycles. The zero-order chi connectivity index (χ0) is 13.2. The first-order valence-corrected chi connectivity index (χ1v) is 7.26. The van der Waals surface area contributed by atoms with Gasteiger partial charge in [0.2, 0.25) is 0 Å². The lowest BCUT2D eigenvalue weighted by Gasteiger charge is -2.39. The highest BCUT2D eigenvalue weighted by Gasteiger charge is 2.34. The Morgan fingerprint density at radius 3 is 2.89 bits per heavy atom. The Labute approximate surface area is 120 Å². The number of aliphatic hydroxyl groups excluding tert-OH is 1. The molecule has 0 saturated heterocycles. The lowest BCUT2D eigenvalue weighted by atomic mass is 9.77. The van der Waals surface area contributed by atoms with E-state index in [0.717, 1.165) is 25.7 Å². The molecule has 1 aliphatic rings. The van der Waals surface area contributed by atoms with E-state index in [2.05, 4.69) is 22.2 Å². The third kappa shape index (κ3) is 2.85. The lowest BCUT2D eigenvalue weighted by Crippen LogP contribution is -2.45. The third-order valence-corrected chi connectivity index (χ3v) is 4.71. The van der Waals surface area contributed by atoms with Gasteiger partial charge >= 0.3 is 0 Å². The van der Waals surface area contributed by atoms with Crippen LogP contribution in [-0.2, 0) is 0 Å². The molecule has 18 heavy (non-hydrogen) atoms. The highest BCUT2D eigenvalue weighted by atomic mass is 127. The SMILES string of the molecule is CC1CCC(CO)(Nc2nc[nH]c(=O)c2I)CC1. The summed E-state index contributed by atoms with van der Waals surface area (Å²) >= 11 is 1.98. The molecule has 0 aromatic carbocycles. The second kappa shape index (κ2) is 5.56. The molecule has 1 aromatic heterocycles. The zero-order valence-corrected chi connectivity index (χ0v) is 12.5. The maximum Gasteiger partial charge on any atom is 0.266 e. The molecular weight excluding hydrogens is 345 g/mol. The van der Waals surface area contributed by atoms with Crippen LogP contribution < -0.4 is 10.9 Å². The minimum atomic E-state index is -0.326. The molecule has 0 amide bonds. The Hall–Kier alpha value is -0.630. The molecule has 1 saturated carbocycles. The molecule has 0 bridgehead atoms. The van der Waals surface area contributed by atoms with Crippen molar-refractivity contribution in [1.29, 1.82) is 0 Å². The second-order valence-corrected chi connectivity index (χ2v) is 6.22. The van der Waals surface area contributed by atoms with E-state index >= 15 is 0 Å². The predicted molar refractivity (Wildman–Crippen MR) is 78.6 cm³/mol. The molecule has 5 nitrogen and oxygen atoms in total. The third-order valence-electron chi connectivity index (χ3n) is 3.71. The van der Waals surface area contributed by atoms with Gasteiger partial charge in [-0.05, 0) is 54.2 Å². The van der Waals surface area contributed by atoms with Gasteiger partial charge in [-0.1, -0.05) is 6.92 Å². The fourth-order valence-corrected chi connectivity index (χ4v) is 2.79. The smallest absolute Gasteiger partial charge is 0.266 e. The molecule has 3 N–H and O–H groups in total. The van der Waals surface area contributed by atoms with E-state index in [9.17, 15) is 9.90 Å². The number of aromatic nitrogens is 2. The van der Waals surface area contributed by atoms with Crippen molar-refractivity contribution in [2.75, 3.05) is 11.9 Å². The van der Waals surface area contributed by atoms with Crippen LogP contribution in [0.2, 0.25) is 0 Å². The van der Waals surface area contributed by atoms with Crippen molar-refractivity contribution >= 4 is 28.4 Å². The topological polar surface area (TPSA) is 78.0 Å². The molecule has 0 radical (unpaired) electrons. The van der Waals surface area contributed by atoms with Crippen LogP contribution in [0.5, 0.6) is 0 Å². The fourth-order valence-electron chi connectivity index (χ4n) is 2.36. The average molecular weight is 363 g/mol. The number of nitrogens with one attached hydrogen (secondary N) is 2. The Kier molecular flexibility index (Phi) is 4.26. The minimum Gasteiger partial charge on any atom is -0.394 e. The Morgan fingerprint density at radius 1 is 1.61 bits per heavy atom. The highest BCUT2D eigenvalue weighted by Crippen LogP contribution is 2.34. The number of H-pyrrole nitrogens is 1. The summed E-state index contributed by atoms with van der Waals surface area (Å²) in [7, 11) is 0. The van der Waals surface area contributed by atoms with E-state index in [4.69, 9.17) is 0 Å². The molecule has 2 rings (SSSR count). The van der Waals surface area contributed by atoms with Gasteiger partial charge in [-0.2, -0.15) is 0 Å². The van der Waals surface area contributed by atoms with Crippen LogP contribution in [0, 0.1) is 9.49 Å². The Morgan fingerprint density at radius 2 is 2.28 bits per heavy atom. The largest absolute Gasteiger partial charge is 0.394 e. The summed E-state index contributed by atoms with van der Waals surface area (Å²) in [4.78, 5) is 18.2. The van der Waals surface area contributed by atoms with E-state index < -0.39 is 0 Å². The minimum absolute atomic E-state index is 0.0737. The predicted octanol–water partition coefficient (Wildman–Crippen LogP) is 1.73. The molecule has 0 spiro atoms. The number of aromatic amines is 1. The number of halogens is 1. The molecule has 1 fully saturated rings. The average Bonchev–Trinajstić information content (AvgIpc) is 2.38.